The molecule has 2 aromatic heterocycles. The lowest BCUT2D eigenvalue weighted by atomic mass is 9.79. The number of allylic oxidation sites excluding steroid dienone is 8. The highest BCUT2D eigenvalue weighted by atomic mass is 15.1. The summed E-state index contributed by atoms with van der Waals surface area (Å²) in [6.45, 7) is 2.07. The summed E-state index contributed by atoms with van der Waals surface area (Å²) < 4.78 is 2.24. The Morgan fingerprint density at radius 1 is 0.450 bits per heavy atom. The third kappa shape index (κ3) is 6.37. The molecule has 2 aliphatic rings. The fourth-order valence-electron chi connectivity index (χ4n) is 8.87. The van der Waals surface area contributed by atoms with Crippen LogP contribution in [0.3, 0.4) is 0 Å². The molecule has 0 radical (unpaired) electrons. The Kier molecular flexibility index (Phi) is 8.78. The minimum Gasteiger partial charge on any atom is -0.297 e. The van der Waals surface area contributed by atoms with Crippen LogP contribution in [0.1, 0.15) is 11.6 Å². The number of nitrogens with zero attached hydrogens (tertiary/aromatic N) is 5. The molecule has 2 unspecified atom stereocenters. The van der Waals surface area contributed by atoms with Crippen molar-refractivity contribution in [1.29, 1.82) is 0 Å². The molecule has 0 aliphatic heterocycles. The summed E-state index contributed by atoms with van der Waals surface area (Å²) in [4.78, 5) is 20.3. The van der Waals surface area contributed by atoms with Gasteiger partial charge in [0.05, 0.1) is 11.0 Å². The van der Waals surface area contributed by atoms with Crippen LogP contribution in [0.4, 0.5) is 0 Å². The second-order valence-corrected chi connectivity index (χ2v) is 15.4. The molecule has 11 rings (SSSR count). The normalized spacial score (nSPS) is 15.7. The molecule has 2 atom stereocenters. The molecule has 5 nitrogen and oxygen atoms in total. The van der Waals surface area contributed by atoms with Crippen molar-refractivity contribution in [3.05, 3.63) is 218 Å². The van der Waals surface area contributed by atoms with Crippen LogP contribution < -0.4 is 0 Å². The van der Waals surface area contributed by atoms with Gasteiger partial charge >= 0.3 is 0 Å². The van der Waals surface area contributed by atoms with Gasteiger partial charge in [0.15, 0.2) is 17.5 Å². The Morgan fingerprint density at radius 3 is 1.97 bits per heavy atom. The smallest absolute Gasteiger partial charge is 0.164 e. The minimum absolute atomic E-state index is 0.167. The molecule has 0 amide bonds. The zero-order valence-corrected chi connectivity index (χ0v) is 33.0. The third-order valence-corrected chi connectivity index (χ3v) is 11.8. The molecule has 60 heavy (non-hydrogen) atoms. The summed E-state index contributed by atoms with van der Waals surface area (Å²) in [6, 6.07) is 57.9. The lowest BCUT2D eigenvalue weighted by Gasteiger charge is -2.26. The Morgan fingerprint density at radius 2 is 1.08 bits per heavy atom. The maximum absolute atomic E-state index is 5.17. The van der Waals surface area contributed by atoms with Crippen LogP contribution in [-0.2, 0) is 0 Å². The van der Waals surface area contributed by atoms with Crippen LogP contribution in [-0.4, -0.2) is 24.5 Å². The Labute approximate surface area is 349 Å². The first-order chi connectivity index (χ1) is 29.6. The molecule has 0 bridgehead atoms. The SMILES string of the molecule is Cc1nc2ccccc2n1-c1cccc(-c2ccccc2-c2cccc(-c3ccc(-c4nc(C5=CC=CC6C=CC=CC56)nc(-c5cccc6ccccc56)n4)cc3)c2)c1. The van der Waals surface area contributed by atoms with E-state index in [1.54, 1.807) is 0 Å². The van der Waals surface area contributed by atoms with Crippen molar-refractivity contribution in [3.8, 4) is 61.8 Å². The predicted molar refractivity (Wildman–Crippen MR) is 246 cm³/mol. The van der Waals surface area contributed by atoms with Gasteiger partial charge in [0, 0.05) is 34.2 Å². The average Bonchev–Trinajstić information content (AvgIpc) is 3.66. The first kappa shape index (κ1) is 35.4. The van der Waals surface area contributed by atoms with Crippen LogP contribution >= 0.6 is 0 Å². The molecule has 284 valence electrons. The Hall–Kier alpha value is -7.76. The number of benzene rings is 7. The number of hydrogen-bond acceptors (Lipinski definition) is 4. The van der Waals surface area contributed by atoms with Gasteiger partial charge in [0.25, 0.3) is 0 Å². The molecular formula is C55H39N5. The van der Waals surface area contributed by atoms with Crippen molar-refractivity contribution in [2.45, 2.75) is 6.92 Å². The van der Waals surface area contributed by atoms with Gasteiger partial charge < -0.3 is 0 Å². The number of aryl methyl sites for hydroxylation is 1. The summed E-state index contributed by atoms with van der Waals surface area (Å²) >= 11 is 0. The maximum Gasteiger partial charge on any atom is 0.164 e. The van der Waals surface area contributed by atoms with E-state index in [-0.39, 0.29) is 11.8 Å². The van der Waals surface area contributed by atoms with Crippen LogP contribution in [0.25, 0.3) is 89.2 Å². The molecule has 0 saturated heterocycles. The monoisotopic (exact) mass is 769 g/mol. The van der Waals surface area contributed by atoms with Gasteiger partial charge in [-0.05, 0) is 81.4 Å². The maximum atomic E-state index is 5.17. The highest BCUT2D eigenvalue weighted by molar-refractivity contribution is 5.95. The van der Waals surface area contributed by atoms with Crippen LogP contribution in [0.2, 0.25) is 0 Å². The lowest BCUT2D eigenvalue weighted by molar-refractivity contribution is 0.671. The van der Waals surface area contributed by atoms with Crippen molar-refractivity contribution in [2.75, 3.05) is 0 Å². The van der Waals surface area contributed by atoms with E-state index >= 15 is 0 Å². The summed E-state index contributed by atoms with van der Waals surface area (Å²) in [5, 5.41) is 2.27. The van der Waals surface area contributed by atoms with Crippen LogP contribution in [0.5, 0.6) is 0 Å². The van der Waals surface area contributed by atoms with E-state index in [9.17, 15) is 0 Å². The molecule has 2 aliphatic carbocycles. The molecule has 9 aromatic rings. The van der Waals surface area contributed by atoms with E-state index in [1.165, 1.54) is 11.1 Å². The van der Waals surface area contributed by atoms with E-state index in [4.69, 9.17) is 19.9 Å². The molecule has 0 spiro atoms. The van der Waals surface area contributed by atoms with Gasteiger partial charge in [-0.1, -0.05) is 176 Å². The van der Waals surface area contributed by atoms with Crippen molar-refractivity contribution in [1.82, 2.24) is 24.5 Å². The molecule has 0 N–H and O–H groups in total. The molecular weight excluding hydrogens is 731 g/mol. The standard InChI is InChI=1S/C55H39N5/c1-36-56-51-28-8-9-29-52(51)60(36)44-21-11-20-43(35-44)48-25-7-6-24-47(48)42-19-10-18-41(34-42)37-30-32-40(33-31-37)53-57-54(49-26-12-16-38-14-2-4-22-45(38)49)59-55(58-53)50-27-13-17-39-15-3-5-23-46(39)50/h2-35,38,45H,1H3. The average molecular weight is 770 g/mol. The van der Waals surface area contributed by atoms with Crippen molar-refractivity contribution in [2.24, 2.45) is 11.8 Å². The summed E-state index contributed by atoms with van der Waals surface area (Å²) in [6.07, 6.45) is 15.3. The second kappa shape index (κ2) is 14.9. The van der Waals surface area contributed by atoms with Gasteiger partial charge in [-0.25, -0.2) is 19.9 Å². The number of hydrogen-bond donors (Lipinski definition) is 0. The quantitative estimate of drug-likeness (QED) is 0.162. The molecule has 5 heteroatoms. The topological polar surface area (TPSA) is 56.5 Å². The van der Waals surface area contributed by atoms with E-state index < -0.39 is 0 Å². The summed E-state index contributed by atoms with van der Waals surface area (Å²) in [5.41, 5.74) is 13.1. The molecule has 0 saturated carbocycles. The second-order valence-electron chi connectivity index (χ2n) is 15.4. The van der Waals surface area contributed by atoms with Crippen molar-refractivity contribution >= 4 is 27.4 Å². The fraction of sp³-hybridized carbons (Fsp3) is 0.0545. The highest BCUT2D eigenvalue weighted by Gasteiger charge is 2.27. The first-order valence-electron chi connectivity index (χ1n) is 20.5. The Balaban J connectivity index is 0.951. The van der Waals surface area contributed by atoms with Gasteiger partial charge in [-0.3, -0.25) is 4.57 Å². The lowest BCUT2D eigenvalue weighted by Crippen LogP contribution is -2.17. The number of rotatable bonds is 7. The zero-order chi connectivity index (χ0) is 40.0. The first-order valence-corrected chi connectivity index (χ1v) is 20.5. The fourth-order valence-corrected chi connectivity index (χ4v) is 8.87. The van der Waals surface area contributed by atoms with E-state index in [0.29, 0.717) is 17.5 Å². The zero-order valence-electron chi connectivity index (χ0n) is 33.0. The third-order valence-electron chi connectivity index (χ3n) is 11.8. The van der Waals surface area contributed by atoms with E-state index in [0.717, 1.165) is 72.3 Å². The van der Waals surface area contributed by atoms with Gasteiger partial charge in [-0.15, -0.1) is 0 Å². The molecule has 0 fully saturated rings. The van der Waals surface area contributed by atoms with Crippen molar-refractivity contribution in [3.63, 3.8) is 0 Å². The van der Waals surface area contributed by atoms with Gasteiger partial charge in [0.2, 0.25) is 0 Å². The summed E-state index contributed by atoms with van der Waals surface area (Å²) in [7, 11) is 0. The van der Waals surface area contributed by atoms with Crippen LogP contribution in [0.15, 0.2) is 206 Å². The molecule has 7 aromatic carbocycles. The number of para-hydroxylation sites is 2. The molecule has 2 heterocycles. The summed E-state index contributed by atoms with van der Waals surface area (Å²) in [5.74, 6) is 3.44. The van der Waals surface area contributed by atoms with Crippen LogP contribution in [0, 0.1) is 18.8 Å². The number of aromatic nitrogens is 5. The number of fused-ring (bicyclic) bond motifs is 3. The largest absolute Gasteiger partial charge is 0.297 e. The van der Waals surface area contributed by atoms with E-state index in [1.807, 2.05) is 6.07 Å². The Bertz CT molecular complexity index is 3230. The number of imidazole rings is 1. The van der Waals surface area contributed by atoms with Gasteiger partial charge in [-0.2, -0.15) is 0 Å². The van der Waals surface area contributed by atoms with Crippen molar-refractivity contribution < 1.29 is 0 Å². The van der Waals surface area contributed by atoms with Gasteiger partial charge in [0.1, 0.15) is 5.82 Å². The van der Waals surface area contributed by atoms with E-state index in [2.05, 4.69) is 212 Å². The minimum atomic E-state index is 0.167. The highest BCUT2D eigenvalue weighted by Crippen LogP contribution is 2.39. The predicted octanol–water partition coefficient (Wildman–Crippen LogP) is 13.3.